The lowest BCUT2D eigenvalue weighted by Gasteiger charge is -2.30. The molecule has 0 spiro atoms. The highest BCUT2D eigenvalue weighted by molar-refractivity contribution is 9.10. The van der Waals surface area contributed by atoms with Crippen molar-refractivity contribution in [3.8, 4) is 0 Å². The third kappa shape index (κ3) is 4.90. The van der Waals surface area contributed by atoms with Gasteiger partial charge in [-0.1, -0.05) is 6.92 Å². The average molecular weight is 459 g/mol. The van der Waals surface area contributed by atoms with Crippen molar-refractivity contribution in [3.05, 3.63) is 34.2 Å². The largest absolute Gasteiger partial charge is 0.382 e. The number of nitrogens with one attached hydrogen (secondary N) is 1. The van der Waals surface area contributed by atoms with Gasteiger partial charge in [-0.15, -0.1) is 0 Å². The lowest BCUT2D eigenvalue weighted by Crippen LogP contribution is -2.40. The Balaban J connectivity index is 1.68. The van der Waals surface area contributed by atoms with E-state index in [0.717, 1.165) is 25.9 Å². The molecule has 1 aliphatic rings. The van der Waals surface area contributed by atoms with Crippen LogP contribution in [-0.4, -0.2) is 49.5 Å². The summed E-state index contributed by atoms with van der Waals surface area (Å²) in [7, 11) is -0.916. The first-order chi connectivity index (χ1) is 13.0. The molecule has 2 aromatic rings. The molecule has 2 heterocycles. The lowest BCUT2D eigenvalue weighted by molar-refractivity contribution is 0.306. The standard InChI is InChI=1S/C16H20BrFN6O2S/c1-2-27(25)24-7-5-10(6-8-24)21-16-14(22-26-23-16)15(19)20-11-3-4-13(18)12(17)9-11/h3-4,9-10H,2,5-8H2,1H3,(H2,19,20)(H,21,23). The van der Waals surface area contributed by atoms with Gasteiger partial charge in [0.1, 0.15) is 5.82 Å². The molecular weight excluding hydrogens is 439 g/mol. The van der Waals surface area contributed by atoms with Gasteiger partial charge in [-0.3, -0.25) is 0 Å². The molecule has 0 bridgehead atoms. The maximum absolute atomic E-state index is 13.3. The van der Waals surface area contributed by atoms with E-state index in [1.165, 1.54) is 18.2 Å². The summed E-state index contributed by atoms with van der Waals surface area (Å²) in [6.45, 7) is 3.40. The number of hydrogen-bond acceptors (Lipinski definition) is 6. The Hall–Kier alpha value is -1.85. The van der Waals surface area contributed by atoms with E-state index in [1.807, 2.05) is 11.2 Å². The maximum atomic E-state index is 13.3. The van der Waals surface area contributed by atoms with Crippen molar-refractivity contribution in [2.75, 3.05) is 24.2 Å². The number of anilines is 1. The summed E-state index contributed by atoms with van der Waals surface area (Å²) in [6, 6.07) is 4.47. The maximum Gasteiger partial charge on any atom is 0.202 e. The summed E-state index contributed by atoms with van der Waals surface area (Å²) in [5, 5.41) is 11.0. The van der Waals surface area contributed by atoms with E-state index >= 15 is 0 Å². The molecule has 0 radical (unpaired) electrons. The number of piperidine rings is 1. The number of halogens is 2. The third-order valence-corrected chi connectivity index (χ3v) is 6.26. The van der Waals surface area contributed by atoms with Gasteiger partial charge in [0.05, 0.1) is 21.1 Å². The lowest BCUT2D eigenvalue weighted by atomic mass is 10.1. The van der Waals surface area contributed by atoms with Crippen molar-refractivity contribution in [1.82, 2.24) is 14.6 Å². The van der Waals surface area contributed by atoms with Crippen molar-refractivity contribution in [2.24, 2.45) is 10.7 Å². The minimum absolute atomic E-state index is 0.113. The normalized spacial score (nSPS) is 17.8. The monoisotopic (exact) mass is 458 g/mol. The van der Waals surface area contributed by atoms with Crippen molar-refractivity contribution < 1.29 is 13.2 Å². The summed E-state index contributed by atoms with van der Waals surface area (Å²) in [4.78, 5) is 4.25. The Morgan fingerprint density at radius 1 is 1.48 bits per heavy atom. The summed E-state index contributed by atoms with van der Waals surface area (Å²) < 4.78 is 32.3. The van der Waals surface area contributed by atoms with Gasteiger partial charge in [-0.25, -0.2) is 22.5 Å². The molecule has 1 atom stereocenters. The zero-order chi connectivity index (χ0) is 19.4. The molecular formula is C16H20BrFN6O2S. The van der Waals surface area contributed by atoms with Crippen LogP contribution in [0.5, 0.6) is 0 Å². The third-order valence-electron chi connectivity index (χ3n) is 4.21. The van der Waals surface area contributed by atoms with E-state index in [1.54, 1.807) is 0 Å². The second kappa shape index (κ2) is 8.89. The quantitative estimate of drug-likeness (QED) is 0.508. The van der Waals surface area contributed by atoms with Gasteiger partial charge in [0.15, 0.2) is 11.5 Å². The molecule has 146 valence electrons. The minimum atomic E-state index is -0.916. The van der Waals surface area contributed by atoms with Gasteiger partial charge in [0.25, 0.3) is 0 Å². The molecule has 1 saturated heterocycles. The van der Waals surface area contributed by atoms with Crippen LogP contribution < -0.4 is 11.1 Å². The topological polar surface area (TPSA) is 110 Å². The fraction of sp³-hybridized carbons (Fsp3) is 0.438. The Morgan fingerprint density at radius 2 is 2.22 bits per heavy atom. The molecule has 8 nitrogen and oxygen atoms in total. The van der Waals surface area contributed by atoms with Crippen molar-refractivity contribution in [2.45, 2.75) is 25.8 Å². The van der Waals surface area contributed by atoms with Gasteiger partial charge >= 0.3 is 0 Å². The first kappa shape index (κ1) is 19.9. The van der Waals surface area contributed by atoms with Gasteiger partial charge in [0.2, 0.25) is 5.82 Å². The van der Waals surface area contributed by atoms with E-state index in [4.69, 9.17) is 10.4 Å². The first-order valence-corrected chi connectivity index (χ1v) is 10.6. The fourth-order valence-electron chi connectivity index (χ4n) is 2.78. The number of hydrogen-bond donors (Lipinski definition) is 2. The van der Waals surface area contributed by atoms with E-state index in [0.29, 0.717) is 27.4 Å². The molecule has 1 aliphatic heterocycles. The highest BCUT2D eigenvalue weighted by Crippen LogP contribution is 2.23. The van der Waals surface area contributed by atoms with E-state index in [9.17, 15) is 8.60 Å². The highest BCUT2D eigenvalue weighted by atomic mass is 79.9. The number of nitrogens with zero attached hydrogens (tertiary/aromatic N) is 4. The van der Waals surface area contributed by atoms with Crippen molar-refractivity contribution in [3.63, 3.8) is 0 Å². The second-order valence-electron chi connectivity index (χ2n) is 6.01. The van der Waals surface area contributed by atoms with E-state index in [2.05, 4.69) is 36.6 Å². The van der Waals surface area contributed by atoms with Crippen LogP contribution in [0.1, 0.15) is 25.5 Å². The minimum Gasteiger partial charge on any atom is -0.382 e. The molecule has 1 fully saturated rings. The predicted molar refractivity (Wildman–Crippen MR) is 106 cm³/mol. The molecule has 11 heteroatoms. The number of aliphatic imine (C=N–C) groups is 1. The first-order valence-electron chi connectivity index (χ1n) is 8.50. The molecule has 3 rings (SSSR count). The van der Waals surface area contributed by atoms with Crippen LogP contribution in [0.25, 0.3) is 0 Å². The molecule has 0 amide bonds. The summed E-state index contributed by atoms with van der Waals surface area (Å²) in [5.41, 5.74) is 6.81. The Morgan fingerprint density at radius 3 is 2.89 bits per heavy atom. The van der Waals surface area contributed by atoms with Gasteiger partial charge < -0.3 is 11.1 Å². The number of amidine groups is 1. The van der Waals surface area contributed by atoms with Crippen LogP contribution in [0, 0.1) is 5.82 Å². The van der Waals surface area contributed by atoms with Crippen LogP contribution >= 0.6 is 15.9 Å². The fourth-order valence-corrected chi connectivity index (χ4v) is 4.13. The number of nitrogens with two attached hydrogens (primary N) is 1. The number of rotatable bonds is 6. The van der Waals surface area contributed by atoms with Gasteiger partial charge in [-0.05, 0) is 57.3 Å². The van der Waals surface area contributed by atoms with Crippen molar-refractivity contribution >= 4 is 44.3 Å². The van der Waals surface area contributed by atoms with E-state index < -0.39 is 11.0 Å². The van der Waals surface area contributed by atoms with Gasteiger partial charge in [-0.2, -0.15) is 0 Å². The zero-order valence-corrected chi connectivity index (χ0v) is 17.1. The Kier molecular flexibility index (Phi) is 6.55. The molecule has 1 aromatic carbocycles. The van der Waals surface area contributed by atoms with Crippen molar-refractivity contribution in [1.29, 1.82) is 0 Å². The Bertz CT molecular complexity index is 853. The smallest absolute Gasteiger partial charge is 0.202 e. The van der Waals surface area contributed by atoms with Crippen LogP contribution in [0.15, 0.2) is 32.3 Å². The van der Waals surface area contributed by atoms with Crippen LogP contribution in [0.3, 0.4) is 0 Å². The summed E-state index contributed by atoms with van der Waals surface area (Å²) in [5.74, 6) is 0.768. The average Bonchev–Trinajstić information content (AvgIpc) is 3.13. The molecule has 3 N–H and O–H groups in total. The van der Waals surface area contributed by atoms with Gasteiger partial charge in [0, 0.05) is 24.9 Å². The molecule has 1 aromatic heterocycles. The summed E-state index contributed by atoms with van der Waals surface area (Å²) in [6.07, 6.45) is 1.64. The SMILES string of the molecule is CCS(=O)N1CCC(Nc2nonc2C(N)=Nc2ccc(F)c(Br)c2)CC1. The molecule has 27 heavy (non-hydrogen) atoms. The number of benzene rings is 1. The molecule has 0 saturated carbocycles. The zero-order valence-electron chi connectivity index (χ0n) is 14.7. The Labute approximate surface area is 167 Å². The molecule has 0 aliphatic carbocycles. The van der Waals surface area contributed by atoms with Crippen LogP contribution in [0.4, 0.5) is 15.9 Å². The number of aromatic nitrogens is 2. The molecule has 1 unspecified atom stereocenters. The van der Waals surface area contributed by atoms with E-state index in [-0.39, 0.29) is 17.7 Å². The van der Waals surface area contributed by atoms with Crippen LogP contribution in [0.2, 0.25) is 0 Å². The van der Waals surface area contributed by atoms with Crippen LogP contribution in [-0.2, 0) is 11.0 Å². The predicted octanol–water partition coefficient (Wildman–Crippen LogP) is 2.57. The second-order valence-corrected chi connectivity index (χ2v) is 8.61. The summed E-state index contributed by atoms with van der Waals surface area (Å²) >= 11 is 3.12. The highest BCUT2D eigenvalue weighted by Gasteiger charge is 2.24.